The van der Waals surface area contributed by atoms with Crippen molar-refractivity contribution in [1.82, 2.24) is 9.21 Å². The van der Waals surface area contributed by atoms with E-state index in [2.05, 4.69) is 5.32 Å². The van der Waals surface area contributed by atoms with Gasteiger partial charge in [-0.2, -0.15) is 4.31 Å². The Morgan fingerprint density at radius 2 is 1.74 bits per heavy atom. The Balaban J connectivity index is 1.33. The molecular formula is C23H27N3O4S. The standard InChI is InChI=1S/C23H27N3O4S/c27-22-10-5-13-25(22)17-18-6-4-7-20(16-18)24-23(28)19-11-14-26(15-12-19)31(29,30)21-8-2-1-3-9-21/h1-4,6-9,16,19H,5,10-15,17H2,(H,24,28). The number of hydrogen-bond donors (Lipinski definition) is 1. The minimum Gasteiger partial charge on any atom is -0.338 e. The SMILES string of the molecule is O=C(Nc1cccc(CN2CCCC2=O)c1)C1CCN(S(=O)(=O)c2ccccc2)CC1. The van der Waals surface area contributed by atoms with E-state index < -0.39 is 10.0 Å². The molecule has 4 rings (SSSR count). The Labute approximate surface area is 183 Å². The van der Waals surface area contributed by atoms with Crippen LogP contribution in [0.25, 0.3) is 0 Å². The van der Waals surface area contributed by atoms with E-state index >= 15 is 0 Å². The third-order valence-corrected chi connectivity index (χ3v) is 7.86. The molecule has 2 amide bonds. The number of rotatable bonds is 6. The van der Waals surface area contributed by atoms with Crippen LogP contribution in [-0.2, 0) is 26.2 Å². The topological polar surface area (TPSA) is 86.8 Å². The maximum absolute atomic E-state index is 12.8. The fourth-order valence-corrected chi connectivity index (χ4v) is 5.67. The highest BCUT2D eigenvalue weighted by molar-refractivity contribution is 7.89. The zero-order valence-corrected chi connectivity index (χ0v) is 18.2. The summed E-state index contributed by atoms with van der Waals surface area (Å²) >= 11 is 0. The van der Waals surface area contributed by atoms with Gasteiger partial charge in [0.25, 0.3) is 0 Å². The highest BCUT2D eigenvalue weighted by atomic mass is 32.2. The van der Waals surface area contributed by atoms with Gasteiger partial charge in [-0.25, -0.2) is 8.42 Å². The smallest absolute Gasteiger partial charge is 0.243 e. The predicted octanol–water partition coefficient (Wildman–Crippen LogP) is 2.85. The normalized spacial score (nSPS) is 18.3. The van der Waals surface area contributed by atoms with Gasteiger partial charge in [0.2, 0.25) is 21.8 Å². The number of sulfonamides is 1. The van der Waals surface area contributed by atoms with Gasteiger partial charge in [-0.15, -0.1) is 0 Å². The van der Waals surface area contributed by atoms with E-state index in [1.54, 1.807) is 30.3 Å². The van der Waals surface area contributed by atoms with Crippen LogP contribution >= 0.6 is 0 Å². The lowest BCUT2D eigenvalue weighted by Gasteiger charge is -2.30. The second kappa shape index (κ2) is 9.20. The number of benzene rings is 2. The van der Waals surface area contributed by atoms with E-state index in [1.807, 2.05) is 29.2 Å². The third kappa shape index (κ3) is 4.97. The summed E-state index contributed by atoms with van der Waals surface area (Å²) in [7, 11) is -3.52. The van der Waals surface area contributed by atoms with E-state index in [1.165, 1.54) is 4.31 Å². The van der Waals surface area contributed by atoms with Gasteiger partial charge in [0.1, 0.15) is 0 Å². The fourth-order valence-electron chi connectivity index (χ4n) is 4.18. The molecule has 2 aromatic carbocycles. The number of anilines is 1. The second-order valence-corrected chi connectivity index (χ2v) is 10.0. The van der Waals surface area contributed by atoms with Gasteiger partial charge >= 0.3 is 0 Å². The molecular weight excluding hydrogens is 414 g/mol. The molecule has 7 nitrogen and oxygen atoms in total. The van der Waals surface area contributed by atoms with Crippen LogP contribution in [-0.4, -0.2) is 49.1 Å². The van der Waals surface area contributed by atoms with Crippen molar-refractivity contribution in [1.29, 1.82) is 0 Å². The molecule has 8 heteroatoms. The summed E-state index contributed by atoms with van der Waals surface area (Å²) in [4.78, 5) is 26.7. The van der Waals surface area contributed by atoms with Gasteiger partial charge < -0.3 is 10.2 Å². The Kier molecular flexibility index (Phi) is 6.38. The first kappa shape index (κ1) is 21.5. The minimum absolute atomic E-state index is 0.0915. The minimum atomic E-state index is -3.52. The monoisotopic (exact) mass is 441 g/mol. The van der Waals surface area contributed by atoms with Crippen LogP contribution in [0, 0.1) is 5.92 Å². The molecule has 2 aliphatic heterocycles. The molecule has 0 spiro atoms. The molecule has 0 saturated carbocycles. The third-order valence-electron chi connectivity index (χ3n) is 5.95. The number of piperidine rings is 1. The first-order chi connectivity index (χ1) is 14.9. The number of hydrogen-bond acceptors (Lipinski definition) is 4. The van der Waals surface area contributed by atoms with Crippen LogP contribution in [0.15, 0.2) is 59.5 Å². The zero-order chi connectivity index (χ0) is 21.8. The zero-order valence-electron chi connectivity index (χ0n) is 17.4. The summed E-state index contributed by atoms with van der Waals surface area (Å²) in [5, 5.41) is 2.96. The number of carbonyl (C=O) groups excluding carboxylic acids is 2. The van der Waals surface area contributed by atoms with Crippen molar-refractivity contribution < 1.29 is 18.0 Å². The molecule has 1 N–H and O–H groups in total. The molecule has 0 atom stereocenters. The van der Waals surface area contributed by atoms with Crippen LogP contribution in [0.1, 0.15) is 31.2 Å². The van der Waals surface area contributed by atoms with Gasteiger partial charge in [-0.05, 0) is 49.1 Å². The number of likely N-dealkylation sites (tertiary alicyclic amines) is 1. The van der Waals surface area contributed by atoms with Crippen LogP contribution in [0.4, 0.5) is 5.69 Å². The van der Waals surface area contributed by atoms with Crippen molar-refractivity contribution in [2.75, 3.05) is 25.0 Å². The summed E-state index contributed by atoms with van der Waals surface area (Å²) < 4.78 is 27.0. The highest BCUT2D eigenvalue weighted by Gasteiger charge is 2.32. The van der Waals surface area contributed by atoms with Gasteiger partial charge in [0.15, 0.2) is 0 Å². The lowest BCUT2D eigenvalue weighted by atomic mass is 9.97. The van der Waals surface area contributed by atoms with Crippen LogP contribution in [0.2, 0.25) is 0 Å². The molecule has 31 heavy (non-hydrogen) atoms. The Morgan fingerprint density at radius 3 is 2.42 bits per heavy atom. The number of carbonyl (C=O) groups is 2. The maximum Gasteiger partial charge on any atom is 0.243 e. The molecule has 2 aromatic rings. The van der Waals surface area contributed by atoms with Gasteiger partial charge in [0.05, 0.1) is 4.90 Å². The summed E-state index contributed by atoms with van der Waals surface area (Å²) in [6, 6.07) is 16.0. The molecule has 0 radical (unpaired) electrons. The Hall–Kier alpha value is -2.71. The van der Waals surface area contributed by atoms with Crippen molar-refractivity contribution in [2.45, 2.75) is 37.1 Å². The Morgan fingerprint density at radius 1 is 1.00 bits per heavy atom. The van der Waals surface area contributed by atoms with E-state index in [-0.39, 0.29) is 22.6 Å². The van der Waals surface area contributed by atoms with Gasteiger partial charge in [0, 0.05) is 44.2 Å². The lowest BCUT2D eigenvalue weighted by Crippen LogP contribution is -2.41. The summed E-state index contributed by atoms with van der Waals surface area (Å²) in [5.74, 6) is -0.149. The second-order valence-electron chi connectivity index (χ2n) is 8.10. The van der Waals surface area contributed by atoms with E-state index in [0.717, 1.165) is 18.5 Å². The molecule has 164 valence electrons. The average Bonchev–Trinajstić information content (AvgIpc) is 3.19. The molecule has 0 bridgehead atoms. The first-order valence-corrected chi connectivity index (χ1v) is 12.1. The van der Waals surface area contributed by atoms with Crippen molar-refractivity contribution in [3.8, 4) is 0 Å². The van der Waals surface area contributed by atoms with E-state index in [0.29, 0.717) is 44.6 Å². The van der Waals surface area contributed by atoms with E-state index in [4.69, 9.17) is 0 Å². The highest BCUT2D eigenvalue weighted by Crippen LogP contribution is 2.25. The van der Waals surface area contributed by atoms with E-state index in [9.17, 15) is 18.0 Å². The number of amides is 2. The largest absolute Gasteiger partial charge is 0.338 e. The number of nitrogens with zero attached hydrogens (tertiary/aromatic N) is 2. The summed E-state index contributed by atoms with van der Waals surface area (Å²) in [6.07, 6.45) is 2.48. The molecule has 2 aliphatic rings. The van der Waals surface area contributed by atoms with Crippen molar-refractivity contribution >= 4 is 27.5 Å². The number of nitrogens with one attached hydrogen (secondary N) is 1. The van der Waals surface area contributed by atoms with Crippen LogP contribution in [0.5, 0.6) is 0 Å². The molecule has 0 aromatic heterocycles. The van der Waals surface area contributed by atoms with Crippen molar-refractivity contribution in [2.24, 2.45) is 5.92 Å². The van der Waals surface area contributed by atoms with Gasteiger partial charge in [-0.1, -0.05) is 30.3 Å². The van der Waals surface area contributed by atoms with Crippen molar-refractivity contribution in [3.05, 3.63) is 60.2 Å². The first-order valence-electron chi connectivity index (χ1n) is 10.7. The van der Waals surface area contributed by atoms with Gasteiger partial charge in [-0.3, -0.25) is 9.59 Å². The molecule has 0 aliphatic carbocycles. The van der Waals surface area contributed by atoms with Crippen LogP contribution in [0.3, 0.4) is 0 Å². The average molecular weight is 442 g/mol. The molecule has 2 heterocycles. The lowest BCUT2D eigenvalue weighted by molar-refractivity contribution is -0.128. The maximum atomic E-state index is 12.8. The fraction of sp³-hybridized carbons (Fsp3) is 0.391. The summed E-state index contributed by atoms with van der Waals surface area (Å²) in [5.41, 5.74) is 1.69. The Bertz CT molecular complexity index is 1050. The van der Waals surface area contributed by atoms with Crippen LogP contribution < -0.4 is 5.32 Å². The summed E-state index contributed by atoms with van der Waals surface area (Å²) in [6.45, 7) is 1.98. The molecule has 2 saturated heterocycles. The molecule has 2 fully saturated rings. The quantitative estimate of drug-likeness (QED) is 0.747. The molecule has 0 unspecified atom stereocenters. The van der Waals surface area contributed by atoms with Crippen molar-refractivity contribution in [3.63, 3.8) is 0 Å². The predicted molar refractivity (Wildman–Crippen MR) is 118 cm³/mol.